The first kappa shape index (κ1) is 18.3. The van der Waals surface area contributed by atoms with Gasteiger partial charge in [0, 0.05) is 35.8 Å². The van der Waals surface area contributed by atoms with Gasteiger partial charge >= 0.3 is 0 Å². The molecule has 6 heteroatoms. The van der Waals surface area contributed by atoms with Crippen molar-refractivity contribution in [1.82, 2.24) is 4.90 Å². The Bertz CT molecular complexity index is 816. The van der Waals surface area contributed by atoms with Crippen molar-refractivity contribution in [1.29, 1.82) is 0 Å². The van der Waals surface area contributed by atoms with Crippen LogP contribution in [-0.4, -0.2) is 35.9 Å². The van der Waals surface area contributed by atoms with Crippen LogP contribution in [-0.2, 0) is 11.2 Å². The van der Waals surface area contributed by atoms with Crippen LogP contribution in [0, 0.1) is 0 Å². The lowest BCUT2D eigenvalue weighted by Crippen LogP contribution is -2.31. The minimum Gasteiger partial charge on any atom is -0.480 e. The molecule has 1 aliphatic heterocycles. The number of nitrogens with zero attached hydrogens (tertiary/aromatic N) is 1. The van der Waals surface area contributed by atoms with Crippen molar-refractivity contribution >= 4 is 29.1 Å². The van der Waals surface area contributed by atoms with Gasteiger partial charge in [-0.25, -0.2) is 0 Å². The number of fused-ring (bicyclic) bond motifs is 1. The molecule has 0 fully saturated rings. The molecule has 0 radical (unpaired) electrons. The number of nitrogens with one attached hydrogen (secondary N) is 1. The molecule has 0 saturated carbocycles. The molecule has 0 bridgehead atoms. The van der Waals surface area contributed by atoms with E-state index in [9.17, 15) is 9.59 Å². The summed E-state index contributed by atoms with van der Waals surface area (Å²) in [5, 5.41) is 3.46. The van der Waals surface area contributed by atoms with E-state index in [1.807, 2.05) is 19.9 Å². The van der Waals surface area contributed by atoms with Crippen LogP contribution in [0.5, 0.6) is 5.75 Å². The third-order valence-electron chi connectivity index (χ3n) is 4.44. The molecule has 0 spiro atoms. The van der Waals surface area contributed by atoms with Crippen LogP contribution < -0.4 is 10.1 Å². The third kappa shape index (κ3) is 3.83. The normalized spacial score (nSPS) is 15.1. The molecule has 3 rings (SSSR count). The van der Waals surface area contributed by atoms with Crippen LogP contribution >= 0.6 is 11.6 Å². The van der Waals surface area contributed by atoms with Gasteiger partial charge < -0.3 is 15.0 Å². The predicted molar refractivity (Wildman–Crippen MR) is 102 cm³/mol. The first-order valence-corrected chi connectivity index (χ1v) is 9.05. The van der Waals surface area contributed by atoms with Crippen molar-refractivity contribution in [2.75, 3.05) is 18.4 Å². The maximum Gasteiger partial charge on any atom is 0.265 e. The second-order valence-corrected chi connectivity index (χ2v) is 6.54. The first-order chi connectivity index (χ1) is 12.5. The van der Waals surface area contributed by atoms with Crippen molar-refractivity contribution in [3.8, 4) is 5.75 Å². The van der Waals surface area contributed by atoms with Gasteiger partial charge in [-0.3, -0.25) is 9.59 Å². The molecule has 0 aliphatic carbocycles. The molecule has 0 saturated heterocycles. The Morgan fingerprint density at radius 3 is 2.50 bits per heavy atom. The quantitative estimate of drug-likeness (QED) is 0.869. The van der Waals surface area contributed by atoms with E-state index >= 15 is 0 Å². The molecule has 5 nitrogen and oxygen atoms in total. The van der Waals surface area contributed by atoms with Gasteiger partial charge in [0.1, 0.15) is 5.75 Å². The molecular formula is C20H21ClN2O3. The Hall–Kier alpha value is -2.53. The number of benzene rings is 2. The number of rotatable bonds is 5. The van der Waals surface area contributed by atoms with E-state index in [4.69, 9.17) is 16.3 Å². The molecule has 1 atom stereocenters. The van der Waals surface area contributed by atoms with Gasteiger partial charge in [-0.15, -0.1) is 0 Å². The molecule has 2 aromatic rings. The average Bonchev–Trinajstić information content (AvgIpc) is 3.06. The Morgan fingerprint density at radius 1 is 1.15 bits per heavy atom. The second-order valence-electron chi connectivity index (χ2n) is 6.11. The van der Waals surface area contributed by atoms with Crippen LogP contribution in [0.1, 0.15) is 29.8 Å². The second kappa shape index (κ2) is 7.79. The van der Waals surface area contributed by atoms with Crippen LogP contribution in [0.2, 0.25) is 5.02 Å². The Labute approximate surface area is 157 Å². The zero-order valence-corrected chi connectivity index (χ0v) is 15.5. The number of carbonyl (C=O) groups excluding carboxylic acids is 2. The van der Waals surface area contributed by atoms with E-state index in [1.54, 1.807) is 41.3 Å². The molecule has 1 N–H and O–H groups in total. The standard InChI is InChI=1S/C20H21ClN2O3/c1-3-23(4-2)20(25)13-5-8-16(9-6-13)22-19(24)18-12-14-11-15(21)7-10-17(14)26-18/h5-11,18H,3-4,12H2,1-2H3,(H,22,24). The molecule has 2 aromatic carbocycles. The number of amides is 2. The number of hydrogen-bond acceptors (Lipinski definition) is 3. The fraction of sp³-hybridized carbons (Fsp3) is 0.300. The molecule has 0 aromatic heterocycles. The summed E-state index contributed by atoms with van der Waals surface area (Å²) in [6.07, 6.45) is -0.0966. The fourth-order valence-corrected chi connectivity index (χ4v) is 3.17. The van der Waals surface area contributed by atoms with Gasteiger partial charge in [0.2, 0.25) is 0 Å². The summed E-state index contributed by atoms with van der Waals surface area (Å²) in [4.78, 5) is 26.5. The molecule has 136 valence electrons. The molecular weight excluding hydrogens is 352 g/mol. The van der Waals surface area contributed by atoms with E-state index in [1.165, 1.54) is 0 Å². The van der Waals surface area contributed by atoms with E-state index in [2.05, 4.69) is 5.32 Å². The lowest BCUT2D eigenvalue weighted by Gasteiger charge is -2.18. The molecule has 1 aliphatic rings. The van der Waals surface area contributed by atoms with Crippen molar-refractivity contribution in [2.45, 2.75) is 26.4 Å². The first-order valence-electron chi connectivity index (χ1n) is 8.67. The van der Waals surface area contributed by atoms with Crippen LogP contribution in [0.25, 0.3) is 0 Å². The predicted octanol–water partition coefficient (Wildman–Crippen LogP) is 3.76. The molecule has 1 unspecified atom stereocenters. The van der Waals surface area contributed by atoms with Crippen LogP contribution in [0.15, 0.2) is 42.5 Å². The van der Waals surface area contributed by atoms with Gasteiger partial charge in [-0.2, -0.15) is 0 Å². The van der Waals surface area contributed by atoms with Gasteiger partial charge in [0.05, 0.1) is 0 Å². The monoisotopic (exact) mass is 372 g/mol. The fourth-order valence-electron chi connectivity index (χ4n) is 2.98. The summed E-state index contributed by atoms with van der Waals surface area (Å²) in [6.45, 7) is 5.22. The maximum absolute atomic E-state index is 12.4. The zero-order chi connectivity index (χ0) is 18.7. The highest BCUT2D eigenvalue weighted by Crippen LogP contribution is 2.31. The summed E-state index contributed by atoms with van der Waals surface area (Å²) in [7, 11) is 0. The summed E-state index contributed by atoms with van der Waals surface area (Å²) < 4.78 is 5.69. The highest BCUT2D eigenvalue weighted by molar-refractivity contribution is 6.30. The van der Waals surface area contributed by atoms with Crippen LogP contribution in [0.4, 0.5) is 5.69 Å². The minimum atomic E-state index is -0.583. The van der Waals surface area contributed by atoms with Crippen molar-refractivity contribution in [3.63, 3.8) is 0 Å². The molecule has 1 heterocycles. The number of hydrogen-bond donors (Lipinski definition) is 1. The van der Waals surface area contributed by atoms with Crippen LogP contribution in [0.3, 0.4) is 0 Å². The van der Waals surface area contributed by atoms with Gasteiger partial charge in [0.25, 0.3) is 11.8 Å². The Morgan fingerprint density at radius 2 is 1.85 bits per heavy atom. The molecule has 2 amide bonds. The average molecular weight is 373 g/mol. The van der Waals surface area contributed by atoms with E-state index in [0.29, 0.717) is 41.5 Å². The lowest BCUT2D eigenvalue weighted by molar-refractivity contribution is -0.122. The summed E-state index contributed by atoms with van der Waals surface area (Å²) >= 11 is 5.98. The van der Waals surface area contributed by atoms with Crippen molar-refractivity contribution < 1.29 is 14.3 Å². The van der Waals surface area contributed by atoms with Crippen molar-refractivity contribution in [2.24, 2.45) is 0 Å². The maximum atomic E-state index is 12.4. The smallest absolute Gasteiger partial charge is 0.265 e. The number of ether oxygens (including phenoxy) is 1. The minimum absolute atomic E-state index is 0.0145. The van der Waals surface area contributed by atoms with Gasteiger partial charge in [-0.05, 0) is 61.9 Å². The largest absolute Gasteiger partial charge is 0.480 e. The molecule has 26 heavy (non-hydrogen) atoms. The zero-order valence-electron chi connectivity index (χ0n) is 14.8. The Balaban J connectivity index is 1.63. The number of anilines is 1. The summed E-state index contributed by atoms with van der Waals surface area (Å²) in [5.74, 6) is 0.453. The topological polar surface area (TPSA) is 58.6 Å². The highest BCUT2D eigenvalue weighted by atomic mass is 35.5. The Kier molecular flexibility index (Phi) is 5.47. The van der Waals surface area contributed by atoms with Gasteiger partial charge in [-0.1, -0.05) is 11.6 Å². The number of halogens is 1. The van der Waals surface area contributed by atoms with Crippen molar-refractivity contribution in [3.05, 3.63) is 58.6 Å². The summed E-state index contributed by atoms with van der Waals surface area (Å²) in [5.41, 5.74) is 2.16. The van der Waals surface area contributed by atoms with E-state index in [-0.39, 0.29) is 11.8 Å². The third-order valence-corrected chi connectivity index (χ3v) is 4.67. The highest BCUT2D eigenvalue weighted by Gasteiger charge is 2.29. The SMILES string of the molecule is CCN(CC)C(=O)c1ccc(NC(=O)C2Cc3cc(Cl)ccc3O2)cc1. The van der Waals surface area contributed by atoms with E-state index in [0.717, 1.165) is 5.56 Å². The van der Waals surface area contributed by atoms with Gasteiger partial charge in [0.15, 0.2) is 6.10 Å². The number of carbonyl (C=O) groups is 2. The summed E-state index contributed by atoms with van der Waals surface area (Å²) in [6, 6.07) is 12.2. The lowest BCUT2D eigenvalue weighted by atomic mass is 10.1. The van der Waals surface area contributed by atoms with E-state index < -0.39 is 6.10 Å².